The third-order valence-corrected chi connectivity index (χ3v) is 4.15. The molecule has 0 aliphatic heterocycles. The van der Waals surface area contributed by atoms with Crippen LogP contribution in [0.3, 0.4) is 0 Å². The number of nitrogens with one attached hydrogen (secondary N) is 1. The van der Waals surface area contributed by atoms with Gasteiger partial charge in [0.05, 0.1) is 6.54 Å². The maximum absolute atomic E-state index is 11.3. The van der Waals surface area contributed by atoms with Crippen molar-refractivity contribution < 1.29 is 9.32 Å². The number of rotatable bonds is 6. The topological polar surface area (TPSA) is 87.6 Å². The number of nitrogens with zero attached hydrogens (tertiary/aromatic N) is 3. The third-order valence-electron chi connectivity index (χ3n) is 4.15. The minimum Gasteiger partial charge on any atom is -0.359 e. The monoisotopic (exact) mass is 281 g/mol. The third kappa shape index (κ3) is 3.00. The van der Waals surface area contributed by atoms with Crippen LogP contribution in [-0.2, 0) is 6.54 Å². The van der Waals surface area contributed by atoms with Crippen LogP contribution in [0.4, 0.5) is 0 Å². The maximum atomic E-state index is 11.3. The largest absolute Gasteiger partial charge is 0.359 e. The van der Waals surface area contributed by atoms with Crippen LogP contribution in [0, 0.1) is 0 Å². The van der Waals surface area contributed by atoms with E-state index < -0.39 is 5.91 Å². The molecular formula is C13H23N5O2. The summed E-state index contributed by atoms with van der Waals surface area (Å²) >= 11 is 0. The summed E-state index contributed by atoms with van der Waals surface area (Å²) in [7, 11) is 6.31. The molecule has 0 aromatic carbocycles. The lowest BCUT2D eigenvalue weighted by atomic mass is 9.75. The number of carbonyl (C=O) groups excluding carboxylic acids is 1. The van der Waals surface area contributed by atoms with Crippen molar-refractivity contribution in [1.29, 1.82) is 0 Å². The predicted octanol–water partition coefficient (Wildman–Crippen LogP) is 0.194. The van der Waals surface area contributed by atoms with E-state index in [2.05, 4.69) is 36.1 Å². The van der Waals surface area contributed by atoms with Gasteiger partial charge in [0.15, 0.2) is 11.5 Å². The number of aromatic nitrogens is 1. The number of nitrogens with two attached hydrogens (primary N) is 1. The van der Waals surface area contributed by atoms with Crippen molar-refractivity contribution in [2.75, 3.05) is 27.7 Å². The lowest BCUT2D eigenvalue weighted by molar-refractivity contribution is 0.0239. The summed E-state index contributed by atoms with van der Waals surface area (Å²) in [4.78, 5) is 15.8. The van der Waals surface area contributed by atoms with Crippen LogP contribution >= 0.6 is 0 Å². The number of hydrogen-bond acceptors (Lipinski definition) is 6. The smallest absolute Gasteiger partial charge is 0.287 e. The Morgan fingerprint density at radius 2 is 2.20 bits per heavy atom. The Labute approximate surface area is 119 Å². The van der Waals surface area contributed by atoms with E-state index in [4.69, 9.17) is 10.4 Å². The minimum atomic E-state index is -0.439. The first-order valence-corrected chi connectivity index (χ1v) is 6.79. The highest BCUT2D eigenvalue weighted by Gasteiger charge is 2.39. The van der Waals surface area contributed by atoms with Gasteiger partial charge in [0.1, 0.15) is 0 Å². The molecule has 1 aliphatic carbocycles. The van der Waals surface area contributed by atoms with Crippen molar-refractivity contribution in [1.82, 2.24) is 20.4 Å². The summed E-state index contributed by atoms with van der Waals surface area (Å²) in [5.74, 6) is 5.29. The highest BCUT2D eigenvalue weighted by atomic mass is 16.5. The second-order valence-corrected chi connectivity index (χ2v) is 5.80. The number of amides is 1. The molecule has 1 aromatic rings. The van der Waals surface area contributed by atoms with E-state index in [9.17, 15) is 4.79 Å². The Kier molecular flexibility index (Phi) is 4.42. The SMILES string of the molecule is CN(Cc1cc(C(=O)NN)no1)CC1(N(C)C)CCC1. The summed E-state index contributed by atoms with van der Waals surface area (Å²) in [5, 5.41) is 3.70. The summed E-state index contributed by atoms with van der Waals surface area (Å²) in [6.07, 6.45) is 3.73. The van der Waals surface area contributed by atoms with Crippen LogP contribution in [0.2, 0.25) is 0 Å². The molecule has 3 N–H and O–H groups in total. The van der Waals surface area contributed by atoms with Gasteiger partial charge in [-0.15, -0.1) is 0 Å². The molecule has 2 rings (SSSR count). The second-order valence-electron chi connectivity index (χ2n) is 5.80. The highest BCUT2D eigenvalue weighted by Crippen LogP contribution is 2.36. The van der Waals surface area contributed by atoms with Gasteiger partial charge in [0, 0.05) is 18.2 Å². The fraction of sp³-hybridized carbons (Fsp3) is 0.692. The molecule has 0 atom stereocenters. The van der Waals surface area contributed by atoms with Gasteiger partial charge in [0.25, 0.3) is 5.91 Å². The summed E-state index contributed by atoms with van der Waals surface area (Å²) in [6.45, 7) is 1.60. The molecule has 7 heteroatoms. The van der Waals surface area contributed by atoms with Gasteiger partial charge in [-0.3, -0.25) is 15.1 Å². The Balaban J connectivity index is 1.93. The molecule has 0 radical (unpaired) electrons. The van der Waals surface area contributed by atoms with Crippen molar-refractivity contribution in [3.63, 3.8) is 0 Å². The molecule has 0 unspecified atom stereocenters. The maximum Gasteiger partial charge on any atom is 0.287 e. The van der Waals surface area contributed by atoms with Crippen LogP contribution < -0.4 is 11.3 Å². The van der Waals surface area contributed by atoms with Crippen molar-refractivity contribution >= 4 is 5.91 Å². The Morgan fingerprint density at radius 1 is 1.50 bits per heavy atom. The lowest BCUT2D eigenvalue weighted by Crippen LogP contribution is -2.56. The molecule has 1 heterocycles. The number of nitrogen functional groups attached to an aromatic ring is 1. The molecule has 0 spiro atoms. The molecule has 1 saturated carbocycles. The number of hydrazine groups is 1. The fourth-order valence-electron chi connectivity index (χ4n) is 2.72. The first-order chi connectivity index (χ1) is 9.47. The van der Waals surface area contributed by atoms with Crippen molar-refractivity contribution in [3.8, 4) is 0 Å². The zero-order valence-corrected chi connectivity index (χ0v) is 12.3. The van der Waals surface area contributed by atoms with Gasteiger partial charge >= 0.3 is 0 Å². The molecule has 1 fully saturated rings. The first kappa shape index (κ1) is 15.0. The minimum absolute atomic E-state index is 0.210. The first-order valence-electron chi connectivity index (χ1n) is 6.79. The van der Waals surface area contributed by atoms with Gasteiger partial charge in [0.2, 0.25) is 0 Å². The van der Waals surface area contributed by atoms with Gasteiger partial charge in [-0.1, -0.05) is 5.16 Å². The van der Waals surface area contributed by atoms with Crippen LogP contribution in [0.5, 0.6) is 0 Å². The van der Waals surface area contributed by atoms with Crippen molar-refractivity contribution in [3.05, 3.63) is 17.5 Å². The Morgan fingerprint density at radius 3 is 2.70 bits per heavy atom. The zero-order valence-electron chi connectivity index (χ0n) is 12.3. The quantitative estimate of drug-likeness (QED) is 0.440. The standard InChI is InChI=1S/C13H23N5O2/c1-17(2)13(5-4-6-13)9-18(3)8-10-7-11(16-20-10)12(19)15-14/h7H,4-6,8-9,14H2,1-3H3,(H,15,19). The Hall–Kier alpha value is -1.44. The van der Waals surface area contributed by atoms with E-state index in [1.165, 1.54) is 19.3 Å². The summed E-state index contributed by atoms with van der Waals surface area (Å²) < 4.78 is 5.16. The molecule has 1 aliphatic rings. The number of likely N-dealkylation sites (N-methyl/N-ethyl adjacent to an activating group) is 2. The molecule has 20 heavy (non-hydrogen) atoms. The van der Waals surface area contributed by atoms with Gasteiger partial charge in [-0.05, 0) is 40.4 Å². The van der Waals surface area contributed by atoms with E-state index in [0.29, 0.717) is 12.3 Å². The molecule has 1 amide bonds. The average Bonchev–Trinajstić information content (AvgIpc) is 2.80. The zero-order chi connectivity index (χ0) is 14.8. The predicted molar refractivity (Wildman–Crippen MR) is 74.8 cm³/mol. The van der Waals surface area contributed by atoms with E-state index >= 15 is 0 Å². The van der Waals surface area contributed by atoms with E-state index in [-0.39, 0.29) is 11.2 Å². The molecule has 0 bridgehead atoms. The summed E-state index contributed by atoms with van der Waals surface area (Å²) in [5.41, 5.74) is 2.52. The van der Waals surface area contributed by atoms with E-state index in [0.717, 1.165) is 6.54 Å². The van der Waals surface area contributed by atoms with Crippen LogP contribution in [0.15, 0.2) is 10.6 Å². The molecule has 0 saturated heterocycles. The van der Waals surface area contributed by atoms with Crippen molar-refractivity contribution in [2.24, 2.45) is 5.84 Å². The molecule has 112 valence electrons. The Bertz CT molecular complexity index is 467. The van der Waals surface area contributed by atoms with Gasteiger partial charge < -0.3 is 9.42 Å². The summed E-state index contributed by atoms with van der Waals surface area (Å²) in [6, 6.07) is 1.63. The lowest BCUT2D eigenvalue weighted by Gasteiger charge is -2.49. The van der Waals surface area contributed by atoms with Crippen LogP contribution in [0.25, 0.3) is 0 Å². The van der Waals surface area contributed by atoms with Gasteiger partial charge in [-0.25, -0.2) is 5.84 Å². The normalized spacial score (nSPS) is 17.3. The van der Waals surface area contributed by atoms with Crippen LogP contribution in [-0.4, -0.2) is 54.1 Å². The number of carbonyl (C=O) groups is 1. The highest BCUT2D eigenvalue weighted by molar-refractivity contribution is 5.91. The molecule has 7 nitrogen and oxygen atoms in total. The van der Waals surface area contributed by atoms with Crippen LogP contribution in [0.1, 0.15) is 35.5 Å². The van der Waals surface area contributed by atoms with Crippen molar-refractivity contribution in [2.45, 2.75) is 31.3 Å². The molecular weight excluding hydrogens is 258 g/mol. The average molecular weight is 281 g/mol. The van der Waals surface area contributed by atoms with Gasteiger partial charge in [-0.2, -0.15) is 0 Å². The number of hydrogen-bond donors (Lipinski definition) is 2. The fourth-order valence-corrected chi connectivity index (χ4v) is 2.72. The molecule has 1 aromatic heterocycles. The van der Waals surface area contributed by atoms with E-state index in [1.807, 2.05) is 5.43 Å². The second kappa shape index (κ2) is 5.90. The van der Waals surface area contributed by atoms with E-state index in [1.54, 1.807) is 6.07 Å².